The van der Waals surface area contributed by atoms with Gasteiger partial charge in [-0.2, -0.15) is 0 Å². The van der Waals surface area contributed by atoms with Crippen molar-refractivity contribution < 1.29 is 14.3 Å². The van der Waals surface area contributed by atoms with E-state index in [0.29, 0.717) is 0 Å². The van der Waals surface area contributed by atoms with Crippen molar-refractivity contribution in [3.8, 4) is 0 Å². The van der Waals surface area contributed by atoms with Gasteiger partial charge in [-0.25, -0.2) is 4.31 Å². The van der Waals surface area contributed by atoms with E-state index in [0.717, 1.165) is 10.5 Å². The first-order valence-electron chi connectivity index (χ1n) is 6.10. The molecule has 0 radical (unpaired) electrons. The summed E-state index contributed by atoms with van der Waals surface area (Å²) < 4.78 is 6.11. The minimum atomic E-state index is -0.301. The summed E-state index contributed by atoms with van der Waals surface area (Å²) in [6.45, 7) is 6.26. The molecule has 2 amide bonds. The summed E-state index contributed by atoms with van der Waals surface area (Å²) in [6.07, 6.45) is 0. The number of carbonyl (C=O) groups is 2. The van der Waals surface area contributed by atoms with Crippen molar-refractivity contribution in [1.82, 2.24) is 4.31 Å². The van der Waals surface area contributed by atoms with Gasteiger partial charge in [0.2, 0.25) is 0 Å². The van der Waals surface area contributed by atoms with Gasteiger partial charge in [0.05, 0.1) is 0 Å². The van der Waals surface area contributed by atoms with Gasteiger partial charge < -0.3 is 4.74 Å². The second kappa shape index (κ2) is 5.35. The number of ether oxygens (including phenoxy) is 1. The third kappa shape index (κ3) is 3.16. The summed E-state index contributed by atoms with van der Waals surface area (Å²) in [5.74, 6) is -0.602. The van der Waals surface area contributed by atoms with E-state index in [4.69, 9.17) is 4.74 Å². The Balaban J connectivity index is 2.28. The largest absolute Gasteiger partial charge is 0.362 e. The van der Waals surface area contributed by atoms with Gasteiger partial charge in [-0.15, -0.1) is 0 Å². The van der Waals surface area contributed by atoms with Gasteiger partial charge in [-0.1, -0.05) is 39.0 Å². The maximum Gasteiger partial charge on any atom is 0.265 e. The highest BCUT2D eigenvalue weighted by atomic mass is 32.2. The minimum Gasteiger partial charge on any atom is -0.362 e. The predicted octanol–water partition coefficient (Wildman–Crippen LogP) is 2.38. The first kappa shape index (κ1) is 14.1. The molecule has 1 aliphatic heterocycles. The SMILES string of the molecule is CC(C)(C)c1ccccc1SN1C(=O)COCC1=O. The molecule has 1 aliphatic rings. The number of carbonyl (C=O) groups excluding carboxylic acids is 2. The van der Waals surface area contributed by atoms with Crippen LogP contribution in [-0.2, 0) is 19.7 Å². The maximum atomic E-state index is 11.7. The molecule has 1 saturated heterocycles. The number of nitrogens with zero attached hydrogens (tertiary/aromatic N) is 1. The lowest BCUT2D eigenvalue weighted by Crippen LogP contribution is -2.41. The molecule has 4 nitrogen and oxygen atoms in total. The van der Waals surface area contributed by atoms with Gasteiger partial charge in [0, 0.05) is 4.90 Å². The lowest BCUT2D eigenvalue weighted by atomic mass is 9.87. The normalized spacial score (nSPS) is 16.9. The van der Waals surface area contributed by atoms with Crippen LogP contribution < -0.4 is 0 Å². The summed E-state index contributed by atoms with van der Waals surface area (Å²) >= 11 is 1.19. The number of amides is 2. The van der Waals surface area contributed by atoms with Gasteiger partial charge in [-0.05, 0) is 29.0 Å². The van der Waals surface area contributed by atoms with Crippen LogP contribution in [0, 0.1) is 0 Å². The smallest absolute Gasteiger partial charge is 0.265 e. The predicted molar refractivity (Wildman–Crippen MR) is 73.7 cm³/mol. The van der Waals surface area contributed by atoms with Crippen molar-refractivity contribution in [2.75, 3.05) is 13.2 Å². The molecule has 2 rings (SSSR count). The van der Waals surface area contributed by atoms with Gasteiger partial charge in [0.15, 0.2) is 0 Å². The summed E-state index contributed by atoms with van der Waals surface area (Å²) in [7, 11) is 0. The summed E-state index contributed by atoms with van der Waals surface area (Å²) in [5, 5.41) is 0. The van der Waals surface area contributed by atoms with Crippen LogP contribution in [0.25, 0.3) is 0 Å². The third-order valence-electron chi connectivity index (χ3n) is 2.79. The van der Waals surface area contributed by atoms with Crippen molar-refractivity contribution in [3.05, 3.63) is 29.8 Å². The fourth-order valence-electron chi connectivity index (χ4n) is 1.85. The van der Waals surface area contributed by atoms with E-state index in [1.807, 2.05) is 24.3 Å². The van der Waals surface area contributed by atoms with Gasteiger partial charge in [-0.3, -0.25) is 9.59 Å². The van der Waals surface area contributed by atoms with E-state index in [-0.39, 0.29) is 30.4 Å². The fraction of sp³-hybridized carbons (Fsp3) is 0.429. The average molecular weight is 279 g/mol. The Labute approximate surface area is 117 Å². The van der Waals surface area contributed by atoms with Crippen LogP contribution in [0.1, 0.15) is 26.3 Å². The van der Waals surface area contributed by atoms with Crippen LogP contribution in [0.5, 0.6) is 0 Å². The molecule has 1 aromatic carbocycles. The van der Waals surface area contributed by atoms with Crippen LogP contribution in [0.2, 0.25) is 0 Å². The Morgan fingerprint density at radius 3 is 2.26 bits per heavy atom. The zero-order valence-corrected chi connectivity index (χ0v) is 12.1. The van der Waals surface area contributed by atoms with E-state index in [1.165, 1.54) is 16.3 Å². The molecular weight excluding hydrogens is 262 g/mol. The molecule has 102 valence electrons. The Morgan fingerprint density at radius 1 is 1.11 bits per heavy atom. The van der Waals surface area contributed by atoms with E-state index in [1.54, 1.807) is 0 Å². The summed E-state index contributed by atoms with van der Waals surface area (Å²) in [6, 6.07) is 7.83. The highest BCUT2D eigenvalue weighted by molar-refractivity contribution is 7.98. The number of benzene rings is 1. The number of rotatable bonds is 2. The van der Waals surface area contributed by atoms with Crippen molar-refractivity contribution in [2.24, 2.45) is 0 Å². The molecule has 0 spiro atoms. The molecule has 0 bridgehead atoms. The number of hydrogen-bond donors (Lipinski definition) is 0. The Kier molecular flexibility index (Phi) is 3.96. The number of hydrogen-bond acceptors (Lipinski definition) is 4. The van der Waals surface area contributed by atoms with E-state index in [9.17, 15) is 9.59 Å². The fourth-order valence-corrected chi connectivity index (χ4v) is 2.97. The Hall–Kier alpha value is -1.33. The second-order valence-corrected chi connectivity index (χ2v) is 6.40. The topological polar surface area (TPSA) is 46.6 Å². The van der Waals surface area contributed by atoms with Gasteiger partial charge in [0.25, 0.3) is 11.8 Å². The quantitative estimate of drug-likeness (QED) is 0.616. The third-order valence-corrected chi connectivity index (χ3v) is 3.93. The Bertz CT molecular complexity index is 492. The van der Waals surface area contributed by atoms with Crippen LogP contribution in [-0.4, -0.2) is 29.3 Å². The zero-order valence-electron chi connectivity index (χ0n) is 11.3. The van der Waals surface area contributed by atoms with Crippen molar-refractivity contribution >= 4 is 23.8 Å². The zero-order chi connectivity index (χ0) is 14.0. The van der Waals surface area contributed by atoms with Crippen LogP contribution in [0.4, 0.5) is 0 Å². The molecule has 0 saturated carbocycles. The van der Waals surface area contributed by atoms with Crippen molar-refractivity contribution in [2.45, 2.75) is 31.1 Å². The molecule has 1 heterocycles. The molecule has 5 heteroatoms. The lowest BCUT2D eigenvalue weighted by Gasteiger charge is -2.27. The highest BCUT2D eigenvalue weighted by Crippen LogP contribution is 2.34. The monoisotopic (exact) mass is 279 g/mol. The minimum absolute atomic E-state index is 0.0313. The first-order valence-corrected chi connectivity index (χ1v) is 6.88. The van der Waals surface area contributed by atoms with Crippen LogP contribution in [0.15, 0.2) is 29.2 Å². The molecule has 0 aliphatic carbocycles. The van der Waals surface area contributed by atoms with E-state index in [2.05, 4.69) is 20.8 Å². The number of morpholine rings is 1. The highest BCUT2D eigenvalue weighted by Gasteiger charge is 2.29. The number of imide groups is 1. The first-order chi connectivity index (χ1) is 8.89. The maximum absolute atomic E-state index is 11.7. The average Bonchev–Trinajstić information content (AvgIpc) is 2.33. The van der Waals surface area contributed by atoms with Gasteiger partial charge in [0.1, 0.15) is 13.2 Å². The second-order valence-electron chi connectivity index (χ2n) is 5.41. The molecule has 0 unspecified atom stereocenters. The lowest BCUT2D eigenvalue weighted by molar-refractivity contribution is -0.150. The van der Waals surface area contributed by atoms with Crippen LogP contribution >= 0.6 is 11.9 Å². The molecule has 1 fully saturated rings. The van der Waals surface area contributed by atoms with Crippen molar-refractivity contribution in [3.63, 3.8) is 0 Å². The molecule has 0 N–H and O–H groups in total. The standard InChI is InChI=1S/C14H17NO3S/c1-14(2,3)10-6-4-5-7-11(10)19-15-12(16)8-18-9-13(15)17/h4-7H,8-9H2,1-3H3. The summed E-state index contributed by atoms with van der Waals surface area (Å²) in [4.78, 5) is 24.4. The molecule has 1 aromatic rings. The van der Waals surface area contributed by atoms with Crippen LogP contribution in [0.3, 0.4) is 0 Å². The molecule has 0 atom stereocenters. The Morgan fingerprint density at radius 2 is 1.68 bits per heavy atom. The molecular formula is C14H17NO3S. The molecule has 19 heavy (non-hydrogen) atoms. The van der Waals surface area contributed by atoms with E-state index >= 15 is 0 Å². The van der Waals surface area contributed by atoms with Gasteiger partial charge >= 0.3 is 0 Å². The summed E-state index contributed by atoms with van der Waals surface area (Å²) in [5.41, 5.74) is 1.08. The van der Waals surface area contributed by atoms with E-state index < -0.39 is 0 Å². The molecule has 0 aromatic heterocycles. The van der Waals surface area contributed by atoms with Crippen molar-refractivity contribution in [1.29, 1.82) is 0 Å².